The molecule has 0 unspecified atom stereocenters. The topological polar surface area (TPSA) is 74.1 Å². The molecule has 0 aromatic carbocycles. The number of nitrogen functional groups attached to an aromatic ring is 1. The fraction of sp³-hybridized carbons (Fsp3) is 0. The molecule has 0 amide bonds. The van der Waals surface area contributed by atoms with Crippen molar-refractivity contribution < 1.29 is 4.92 Å². The molecule has 0 atom stereocenters. The van der Waals surface area contributed by atoms with Gasteiger partial charge in [-0.3, -0.25) is 14.8 Å². The number of hydrogen-bond acceptors (Lipinski definition) is 3. The highest BCUT2D eigenvalue weighted by Gasteiger charge is 2.03. The Hall–Kier alpha value is -1.52. The smallest absolute Gasteiger partial charge is 0.288 e. The van der Waals surface area contributed by atoms with Crippen molar-refractivity contribution in [2.75, 3.05) is 5.84 Å². The summed E-state index contributed by atoms with van der Waals surface area (Å²) in [6, 6.07) is 1.33. The van der Waals surface area contributed by atoms with Gasteiger partial charge in [-0.2, -0.15) is 0 Å². The molecule has 1 aromatic heterocycles. The van der Waals surface area contributed by atoms with Gasteiger partial charge in [0.2, 0.25) is 0 Å². The fourth-order valence-corrected chi connectivity index (χ4v) is 0.509. The average Bonchev–Trinajstić information content (AvgIpc) is 2.14. The number of nitrogens with two attached hydrogens (primary N) is 1. The van der Waals surface area contributed by atoms with Crippen LogP contribution >= 0.6 is 0 Å². The van der Waals surface area contributed by atoms with Crippen LogP contribution in [0.3, 0.4) is 0 Å². The van der Waals surface area contributed by atoms with Gasteiger partial charge in [0.1, 0.15) is 6.20 Å². The van der Waals surface area contributed by atoms with Gasteiger partial charge in [-0.1, -0.05) is 0 Å². The fourth-order valence-electron chi connectivity index (χ4n) is 0.509. The number of aromatic nitrogens is 1. The Balaban J connectivity index is 2.98. The molecule has 0 aliphatic rings. The van der Waals surface area contributed by atoms with E-state index in [0.717, 1.165) is 4.68 Å². The van der Waals surface area contributed by atoms with E-state index in [4.69, 9.17) is 5.84 Å². The van der Waals surface area contributed by atoms with Gasteiger partial charge in [0.05, 0.1) is 4.92 Å². The van der Waals surface area contributed by atoms with Crippen molar-refractivity contribution in [2.24, 2.45) is 0 Å². The van der Waals surface area contributed by atoms with Gasteiger partial charge in [0, 0.05) is 12.3 Å². The van der Waals surface area contributed by atoms with Crippen LogP contribution in [0, 0.1) is 10.1 Å². The van der Waals surface area contributed by atoms with Crippen LogP contribution in [0.5, 0.6) is 0 Å². The first-order chi connectivity index (χ1) is 4.20. The third-order valence-corrected chi connectivity index (χ3v) is 0.910. The molecule has 1 rings (SSSR count). The number of rotatable bonds is 1. The van der Waals surface area contributed by atoms with Crippen LogP contribution in [-0.4, -0.2) is 9.60 Å². The first-order valence-electron chi connectivity index (χ1n) is 2.27. The average molecular weight is 127 g/mol. The molecule has 0 saturated heterocycles. The quantitative estimate of drug-likeness (QED) is 0.330. The highest BCUT2D eigenvalue weighted by Crippen LogP contribution is 2.07. The van der Waals surface area contributed by atoms with E-state index in [-0.39, 0.29) is 5.69 Å². The molecule has 5 heteroatoms. The maximum atomic E-state index is 9.95. The van der Waals surface area contributed by atoms with Crippen molar-refractivity contribution in [1.29, 1.82) is 0 Å². The summed E-state index contributed by atoms with van der Waals surface area (Å²) >= 11 is 0. The molecule has 1 aromatic rings. The second-order valence-electron chi connectivity index (χ2n) is 1.57. The lowest BCUT2D eigenvalue weighted by atomic mass is 10.6. The van der Waals surface area contributed by atoms with Gasteiger partial charge in [-0.15, -0.1) is 0 Å². The highest BCUT2D eigenvalue weighted by atomic mass is 16.6. The molecule has 2 N–H and O–H groups in total. The summed E-state index contributed by atoms with van der Waals surface area (Å²) in [5.41, 5.74) is 0.0116. The molecule has 0 radical (unpaired) electrons. The van der Waals surface area contributed by atoms with Crippen molar-refractivity contribution in [3.8, 4) is 0 Å². The third kappa shape index (κ3) is 0.987. The second kappa shape index (κ2) is 1.77. The van der Waals surface area contributed by atoms with Crippen molar-refractivity contribution in [2.45, 2.75) is 0 Å². The summed E-state index contributed by atoms with van der Waals surface area (Å²) in [4.78, 5) is 9.45. The SMILES string of the molecule is Nn1ccc([N+](=O)[O-])c1. The molecule has 0 spiro atoms. The minimum absolute atomic E-state index is 0.0116. The summed E-state index contributed by atoms with van der Waals surface area (Å²) in [5, 5.41) is 9.95. The van der Waals surface area contributed by atoms with Crippen LogP contribution in [0.4, 0.5) is 5.69 Å². The Morgan fingerprint density at radius 3 is 2.67 bits per heavy atom. The Bertz CT molecular complexity index is 229. The molecule has 48 valence electrons. The standard InChI is InChI=1S/C4H5N3O2/c5-6-2-1-4(3-6)7(8)9/h1-3H,5H2. The number of hydrogen-bond donors (Lipinski definition) is 1. The van der Waals surface area contributed by atoms with E-state index in [1.165, 1.54) is 18.5 Å². The van der Waals surface area contributed by atoms with Crippen molar-refractivity contribution in [1.82, 2.24) is 4.68 Å². The van der Waals surface area contributed by atoms with E-state index < -0.39 is 4.92 Å². The first kappa shape index (κ1) is 5.61. The molecule has 1 heterocycles. The van der Waals surface area contributed by atoms with E-state index in [2.05, 4.69) is 0 Å². The summed E-state index contributed by atoms with van der Waals surface area (Å²) in [6.07, 6.45) is 2.65. The van der Waals surface area contributed by atoms with Crippen molar-refractivity contribution in [3.05, 3.63) is 28.6 Å². The predicted octanol–water partition coefficient (Wildman–Crippen LogP) is 0.110. The van der Waals surface area contributed by atoms with Crippen LogP contribution in [0.15, 0.2) is 18.5 Å². The highest BCUT2D eigenvalue weighted by molar-refractivity contribution is 5.25. The number of nitrogens with zero attached hydrogens (tertiary/aromatic N) is 2. The monoisotopic (exact) mass is 127 g/mol. The van der Waals surface area contributed by atoms with Crippen LogP contribution in [-0.2, 0) is 0 Å². The van der Waals surface area contributed by atoms with Gasteiger partial charge in [-0.05, 0) is 0 Å². The molecule has 0 bridgehead atoms. The molecular formula is C4H5N3O2. The summed E-state index contributed by atoms with van der Waals surface area (Å²) in [7, 11) is 0. The molecule has 0 saturated carbocycles. The van der Waals surface area contributed by atoms with E-state index >= 15 is 0 Å². The minimum atomic E-state index is -0.497. The van der Waals surface area contributed by atoms with Gasteiger partial charge in [-0.25, -0.2) is 0 Å². The summed E-state index contributed by atoms with van der Waals surface area (Å²) in [5.74, 6) is 5.13. The van der Waals surface area contributed by atoms with Crippen LogP contribution in [0.1, 0.15) is 0 Å². The molecule has 0 fully saturated rings. The predicted molar refractivity (Wildman–Crippen MR) is 31.2 cm³/mol. The molecule has 9 heavy (non-hydrogen) atoms. The van der Waals surface area contributed by atoms with Crippen LogP contribution in [0.2, 0.25) is 0 Å². The van der Waals surface area contributed by atoms with Crippen LogP contribution in [0.25, 0.3) is 0 Å². The summed E-state index contributed by atoms with van der Waals surface area (Å²) < 4.78 is 1.14. The zero-order valence-electron chi connectivity index (χ0n) is 4.52. The van der Waals surface area contributed by atoms with E-state index in [0.29, 0.717) is 0 Å². The summed E-state index contributed by atoms with van der Waals surface area (Å²) in [6.45, 7) is 0. The van der Waals surface area contributed by atoms with Crippen LogP contribution < -0.4 is 5.84 Å². The normalized spacial score (nSPS) is 9.33. The zero-order chi connectivity index (χ0) is 6.85. The zero-order valence-corrected chi connectivity index (χ0v) is 4.52. The largest absolute Gasteiger partial charge is 0.339 e. The Morgan fingerprint density at radius 1 is 1.78 bits per heavy atom. The van der Waals surface area contributed by atoms with Gasteiger partial charge < -0.3 is 5.84 Å². The molecule has 0 aliphatic carbocycles. The molecular weight excluding hydrogens is 122 g/mol. The lowest BCUT2D eigenvalue weighted by Gasteiger charge is -1.82. The lowest BCUT2D eigenvalue weighted by molar-refractivity contribution is -0.384. The Morgan fingerprint density at radius 2 is 2.44 bits per heavy atom. The van der Waals surface area contributed by atoms with E-state index in [1.54, 1.807) is 0 Å². The maximum Gasteiger partial charge on any atom is 0.288 e. The number of nitro groups is 1. The van der Waals surface area contributed by atoms with Crippen molar-refractivity contribution in [3.63, 3.8) is 0 Å². The van der Waals surface area contributed by atoms with Gasteiger partial charge in [0.25, 0.3) is 5.69 Å². The first-order valence-corrected chi connectivity index (χ1v) is 2.27. The maximum absolute atomic E-state index is 9.95. The molecule has 5 nitrogen and oxygen atoms in total. The minimum Gasteiger partial charge on any atom is -0.339 e. The Labute approximate surface area is 50.8 Å². The molecule has 0 aliphatic heterocycles. The van der Waals surface area contributed by atoms with Gasteiger partial charge >= 0.3 is 0 Å². The lowest BCUT2D eigenvalue weighted by Crippen LogP contribution is -2.02. The van der Waals surface area contributed by atoms with E-state index in [1.807, 2.05) is 0 Å². The second-order valence-corrected chi connectivity index (χ2v) is 1.57. The van der Waals surface area contributed by atoms with E-state index in [9.17, 15) is 10.1 Å². The van der Waals surface area contributed by atoms with Crippen molar-refractivity contribution >= 4 is 5.69 Å². The van der Waals surface area contributed by atoms with Gasteiger partial charge in [0.15, 0.2) is 0 Å². The Kier molecular flexibility index (Phi) is 1.11. The third-order valence-electron chi connectivity index (χ3n) is 0.910.